The van der Waals surface area contributed by atoms with Gasteiger partial charge in [-0.15, -0.1) is 0 Å². The summed E-state index contributed by atoms with van der Waals surface area (Å²) in [5, 5.41) is 8.35. The number of aliphatic hydroxyl groups excluding tert-OH is 1. The van der Waals surface area contributed by atoms with Crippen LogP contribution >= 0.6 is 0 Å². The van der Waals surface area contributed by atoms with Crippen molar-refractivity contribution in [3.05, 3.63) is 0 Å². The van der Waals surface area contributed by atoms with Crippen molar-refractivity contribution in [1.82, 2.24) is 4.72 Å². The second-order valence-corrected chi connectivity index (χ2v) is 4.42. The van der Waals surface area contributed by atoms with Gasteiger partial charge in [-0.1, -0.05) is 0 Å². The Kier molecular flexibility index (Phi) is 6.10. The van der Waals surface area contributed by atoms with Crippen LogP contribution < -0.4 is 4.72 Å². The summed E-state index contributed by atoms with van der Waals surface area (Å²) in [6.07, 6.45) is -2.04. The van der Waals surface area contributed by atoms with E-state index < -0.39 is 23.0 Å². The van der Waals surface area contributed by atoms with Gasteiger partial charge in [-0.05, 0) is 12.8 Å². The minimum absolute atomic E-state index is 0.0929. The van der Waals surface area contributed by atoms with Gasteiger partial charge in [-0.3, -0.25) is 0 Å². The van der Waals surface area contributed by atoms with Crippen molar-refractivity contribution in [2.45, 2.75) is 19.3 Å². The Morgan fingerprint density at radius 2 is 1.92 bits per heavy atom. The lowest BCUT2D eigenvalue weighted by molar-refractivity contribution is 0.153. The molecule has 0 spiro atoms. The Morgan fingerprint density at radius 1 is 1.31 bits per heavy atom. The maximum Gasteiger partial charge on any atom is 0.251 e. The molecule has 0 aliphatic heterocycles. The minimum atomic E-state index is -3.59. The molecule has 0 aromatic rings. The van der Waals surface area contributed by atoms with E-state index in [0.717, 1.165) is 0 Å². The zero-order valence-electron chi connectivity index (χ0n) is 7.04. The van der Waals surface area contributed by atoms with Gasteiger partial charge in [-0.25, -0.2) is 21.9 Å². The summed E-state index contributed by atoms with van der Waals surface area (Å²) in [5.74, 6) is -0.222. The third-order valence-electron chi connectivity index (χ3n) is 1.28. The SMILES string of the molecule is O=S(=O)(CCCCO)NCC(F)F. The van der Waals surface area contributed by atoms with Crippen molar-refractivity contribution in [1.29, 1.82) is 0 Å². The predicted molar refractivity (Wildman–Crippen MR) is 44.1 cm³/mol. The summed E-state index contributed by atoms with van der Waals surface area (Å²) in [5.41, 5.74) is 0. The molecule has 0 radical (unpaired) electrons. The molecule has 0 aromatic carbocycles. The van der Waals surface area contributed by atoms with Gasteiger partial charge in [0, 0.05) is 6.61 Å². The fourth-order valence-electron chi connectivity index (χ4n) is 0.666. The maximum atomic E-state index is 11.6. The van der Waals surface area contributed by atoms with Gasteiger partial charge in [0.2, 0.25) is 10.0 Å². The van der Waals surface area contributed by atoms with Gasteiger partial charge < -0.3 is 5.11 Å². The summed E-state index contributed by atoms with van der Waals surface area (Å²) in [6.45, 7) is -0.939. The van der Waals surface area contributed by atoms with Gasteiger partial charge in [0.15, 0.2) is 0 Å². The highest BCUT2D eigenvalue weighted by atomic mass is 32.2. The minimum Gasteiger partial charge on any atom is -0.396 e. The van der Waals surface area contributed by atoms with E-state index in [2.05, 4.69) is 0 Å². The molecule has 0 atom stereocenters. The molecule has 80 valence electrons. The second-order valence-electron chi connectivity index (χ2n) is 2.49. The van der Waals surface area contributed by atoms with Crippen LogP contribution in [0.25, 0.3) is 0 Å². The fraction of sp³-hybridized carbons (Fsp3) is 1.00. The summed E-state index contributed by atoms with van der Waals surface area (Å²) < 4.78 is 46.7. The van der Waals surface area contributed by atoms with Crippen LogP contribution in [0.5, 0.6) is 0 Å². The van der Waals surface area contributed by atoms with Crippen LogP contribution in [-0.2, 0) is 10.0 Å². The highest BCUT2D eigenvalue weighted by molar-refractivity contribution is 7.89. The molecule has 0 unspecified atom stereocenters. The summed E-state index contributed by atoms with van der Waals surface area (Å²) in [7, 11) is -3.59. The number of alkyl halides is 2. The first-order valence-corrected chi connectivity index (χ1v) is 5.49. The molecule has 0 saturated heterocycles. The van der Waals surface area contributed by atoms with Gasteiger partial charge >= 0.3 is 0 Å². The molecule has 0 amide bonds. The maximum absolute atomic E-state index is 11.6. The number of nitrogens with one attached hydrogen (secondary N) is 1. The van der Waals surface area contributed by atoms with Crippen LogP contribution in [0.1, 0.15) is 12.8 Å². The third-order valence-corrected chi connectivity index (χ3v) is 2.71. The lowest BCUT2D eigenvalue weighted by atomic mass is 10.4. The van der Waals surface area contributed by atoms with E-state index in [4.69, 9.17) is 5.11 Å². The average Bonchev–Trinajstić information content (AvgIpc) is 2.02. The molecule has 13 heavy (non-hydrogen) atoms. The number of hydrogen-bond acceptors (Lipinski definition) is 3. The van der Waals surface area contributed by atoms with Crippen LogP contribution in [0, 0.1) is 0 Å². The van der Waals surface area contributed by atoms with E-state index in [9.17, 15) is 17.2 Å². The van der Waals surface area contributed by atoms with E-state index in [1.165, 1.54) is 0 Å². The van der Waals surface area contributed by atoms with Crippen LogP contribution in [0.2, 0.25) is 0 Å². The molecule has 0 saturated carbocycles. The molecule has 4 nitrogen and oxygen atoms in total. The Hall–Kier alpha value is -0.270. The summed E-state index contributed by atoms with van der Waals surface area (Å²) >= 11 is 0. The number of aliphatic hydroxyl groups is 1. The van der Waals surface area contributed by atoms with Crippen LogP contribution in [0.3, 0.4) is 0 Å². The topological polar surface area (TPSA) is 66.4 Å². The van der Waals surface area contributed by atoms with Crippen molar-refractivity contribution >= 4 is 10.0 Å². The first-order chi connectivity index (χ1) is 5.98. The predicted octanol–water partition coefficient (Wildman–Crippen LogP) is -0.0566. The smallest absolute Gasteiger partial charge is 0.251 e. The van der Waals surface area contributed by atoms with Crippen molar-refractivity contribution in [3.63, 3.8) is 0 Å². The number of unbranched alkanes of at least 4 members (excludes halogenated alkanes) is 1. The number of sulfonamides is 1. The Bertz CT molecular complexity index is 218. The van der Waals surface area contributed by atoms with Gasteiger partial charge in [0.05, 0.1) is 12.3 Å². The Morgan fingerprint density at radius 3 is 2.38 bits per heavy atom. The molecule has 0 bridgehead atoms. The van der Waals surface area contributed by atoms with Crippen molar-refractivity contribution in [2.24, 2.45) is 0 Å². The zero-order chi connectivity index (χ0) is 10.3. The number of halogens is 2. The molecule has 0 rings (SSSR count). The van der Waals surface area contributed by atoms with E-state index in [0.29, 0.717) is 6.42 Å². The Labute approximate surface area is 76.0 Å². The van der Waals surface area contributed by atoms with Crippen LogP contribution in [0.15, 0.2) is 0 Å². The van der Waals surface area contributed by atoms with Crippen LogP contribution in [-0.4, -0.2) is 38.9 Å². The average molecular weight is 217 g/mol. The van der Waals surface area contributed by atoms with Gasteiger partial charge in [0.1, 0.15) is 0 Å². The first-order valence-electron chi connectivity index (χ1n) is 3.84. The summed E-state index contributed by atoms with van der Waals surface area (Å²) in [4.78, 5) is 0. The third kappa shape index (κ3) is 8.07. The fourth-order valence-corrected chi connectivity index (χ4v) is 1.77. The van der Waals surface area contributed by atoms with Crippen molar-refractivity contribution in [3.8, 4) is 0 Å². The zero-order valence-corrected chi connectivity index (χ0v) is 7.86. The van der Waals surface area contributed by atoms with E-state index in [1.807, 2.05) is 0 Å². The number of hydrogen-bond donors (Lipinski definition) is 2. The molecule has 0 aromatic heterocycles. The highest BCUT2D eigenvalue weighted by Gasteiger charge is 2.12. The first kappa shape index (κ1) is 12.7. The van der Waals surface area contributed by atoms with Crippen molar-refractivity contribution < 1.29 is 22.3 Å². The Balaban J connectivity index is 3.68. The van der Waals surface area contributed by atoms with Crippen molar-refractivity contribution in [2.75, 3.05) is 18.9 Å². The molecule has 7 heteroatoms. The molecule has 0 aliphatic rings. The van der Waals surface area contributed by atoms with E-state index in [1.54, 1.807) is 4.72 Å². The lowest BCUT2D eigenvalue weighted by Gasteiger charge is -2.04. The quantitative estimate of drug-likeness (QED) is 0.587. The van der Waals surface area contributed by atoms with E-state index >= 15 is 0 Å². The number of rotatable bonds is 7. The molecule has 2 N–H and O–H groups in total. The van der Waals surface area contributed by atoms with Gasteiger partial charge in [0.25, 0.3) is 6.43 Å². The molecule has 0 aliphatic carbocycles. The normalized spacial score (nSPS) is 12.3. The monoisotopic (exact) mass is 217 g/mol. The molecule has 0 fully saturated rings. The van der Waals surface area contributed by atoms with Crippen LogP contribution in [0.4, 0.5) is 8.78 Å². The summed E-state index contributed by atoms with van der Waals surface area (Å²) in [6, 6.07) is 0. The highest BCUT2D eigenvalue weighted by Crippen LogP contribution is 1.95. The molecule has 0 heterocycles. The van der Waals surface area contributed by atoms with Gasteiger partial charge in [-0.2, -0.15) is 0 Å². The standard InChI is InChI=1S/C6H13F2NO3S/c7-6(8)5-9-13(11,12)4-2-1-3-10/h6,9-10H,1-5H2. The molecular formula is C6H13F2NO3S. The second kappa shape index (κ2) is 6.22. The van der Waals surface area contributed by atoms with E-state index in [-0.39, 0.29) is 18.8 Å². The lowest BCUT2D eigenvalue weighted by Crippen LogP contribution is -2.30. The largest absolute Gasteiger partial charge is 0.396 e. The molecular weight excluding hydrogens is 204 g/mol.